The first-order chi connectivity index (χ1) is 35.0. The number of hydrogen-bond acceptors (Lipinski definition) is 5. The third kappa shape index (κ3) is 57.2. The molecule has 0 fully saturated rings. The van der Waals surface area contributed by atoms with Crippen molar-refractivity contribution in [3.63, 3.8) is 0 Å². The largest absolute Gasteiger partial charge is 0.466 e. The first-order valence-electron chi connectivity index (χ1n) is 31.7. The summed E-state index contributed by atoms with van der Waals surface area (Å²) in [5.74, 6) is -0.0837. The Kier molecular flexibility index (Phi) is 59.0. The van der Waals surface area contributed by atoms with E-state index in [0.29, 0.717) is 25.9 Å². The molecule has 0 aromatic carbocycles. The molecule has 0 aliphatic heterocycles. The fourth-order valence-corrected chi connectivity index (χ4v) is 9.78. The lowest BCUT2D eigenvalue weighted by Crippen LogP contribution is -2.45. The SMILES string of the molecule is CCCCC/C=C\C/C=C\CCCCCCCCCCCC(=O)OCCCCC/C=C\CCCCCCCC(=O)NC(CO)C(O)CCCCCCCCCCCCCCCCCCCCCCCCC. The van der Waals surface area contributed by atoms with Crippen LogP contribution in [0.2, 0.25) is 0 Å². The van der Waals surface area contributed by atoms with Crippen LogP contribution in [0.25, 0.3) is 0 Å². The molecule has 71 heavy (non-hydrogen) atoms. The Morgan fingerprint density at radius 3 is 1.11 bits per heavy atom. The van der Waals surface area contributed by atoms with Gasteiger partial charge in [0.25, 0.3) is 0 Å². The molecule has 0 aromatic heterocycles. The maximum absolute atomic E-state index is 12.5. The van der Waals surface area contributed by atoms with Gasteiger partial charge in [0.2, 0.25) is 5.91 Å². The van der Waals surface area contributed by atoms with Gasteiger partial charge in [-0.15, -0.1) is 0 Å². The molecule has 3 N–H and O–H groups in total. The normalized spacial score (nSPS) is 12.8. The van der Waals surface area contributed by atoms with E-state index in [0.717, 1.165) is 83.5 Å². The molecule has 0 rings (SSSR count). The third-order valence-electron chi connectivity index (χ3n) is 14.7. The Hall–Kier alpha value is -1.92. The minimum absolute atomic E-state index is 0.0257. The number of amides is 1. The molecular formula is C65H123NO5. The molecule has 0 heterocycles. The Balaban J connectivity index is 3.48. The smallest absolute Gasteiger partial charge is 0.305 e. The number of aliphatic hydroxyl groups is 2. The summed E-state index contributed by atoms with van der Waals surface area (Å²) in [6, 6.07) is -0.562. The molecule has 1 amide bonds. The van der Waals surface area contributed by atoms with Crippen molar-refractivity contribution in [1.82, 2.24) is 5.32 Å². The van der Waals surface area contributed by atoms with Crippen molar-refractivity contribution >= 4 is 11.9 Å². The predicted octanol–water partition coefficient (Wildman–Crippen LogP) is 20.0. The van der Waals surface area contributed by atoms with Gasteiger partial charge in [-0.1, -0.05) is 275 Å². The number of esters is 1. The topological polar surface area (TPSA) is 95.9 Å². The van der Waals surface area contributed by atoms with E-state index in [2.05, 4.69) is 55.6 Å². The van der Waals surface area contributed by atoms with Crippen LogP contribution in [-0.2, 0) is 14.3 Å². The maximum Gasteiger partial charge on any atom is 0.305 e. The molecule has 0 saturated carbocycles. The van der Waals surface area contributed by atoms with Crippen molar-refractivity contribution in [2.24, 2.45) is 0 Å². The van der Waals surface area contributed by atoms with Gasteiger partial charge >= 0.3 is 5.97 Å². The highest BCUT2D eigenvalue weighted by molar-refractivity contribution is 5.76. The van der Waals surface area contributed by atoms with E-state index in [4.69, 9.17) is 4.74 Å². The number of unbranched alkanes of at least 4 members (excludes halogenated alkanes) is 42. The third-order valence-corrected chi connectivity index (χ3v) is 14.7. The summed E-state index contributed by atoms with van der Waals surface area (Å²) in [7, 11) is 0. The zero-order valence-electron chi connectivity index (χ0n) is 47.7. The van der Waals surface area contributed by atoms with Gasteiger partial charge in [0, 0.05) is 12.8 Å². The minimum atomic E-state index is -0.683. The molecule has 418 valence electrons. The van der Waals surface area contributed by atoms with E-state index in [1.165, 1.54) is 225 Å². The summed E-state index contributed by atoms with van der Waals surface area (Å²) in [5.41, 5.74) is 0. The second kappa shape index (κ2) is 60.6. The van der Waals surface area contributed by atoms with Crippen molar-refractivity contribution in [3.8, 4) is 0 Å². The monoisotopic (exact) mass is 998 g/mol. The van der Waals surface area contributed by atoms with Crippen LogP contribution in [-0.4, -0.2) is 47.4 Å². The number of ether oxygens (including phenoxy) is 1. The number of nitrogens with one attached hydrogen (secondary N) is 1. The van der Waals surface area contributed by atoms with E-state index in [9.17, 15) is 19.8 Å². The van der Waals surface area contributed by atoms with Crippen LogP contribution >= 0.6 is 0 Å². The van der Waals surface area contributed by atoms with Crippen LogP contribution in [0, 0.1) is 0 Å². The lowest BCUT2D eigenvalue weighted by molar-refractivity contribution is -0.143. The highest BCUT2D eigenvalue weighted by Crippen LogP contribution is 2.18. The number of aliphatic hydroxyl groups excluding tert-OH is 2. The lowest BCUT2D eigenvalue weighted by atomic mass is 10.0. The minimum Gasteiger partial charge on any atom is -0.466 e. The molecule has 0 saturated heterocycles. The average Bonchev–Trinajstić information content (AvgIpc) is 3.37. The number of rotatable bonds is 59. The quantitative estimate of drug-likeness (QED) is 0.0321. The van der Waals surface area contributed by atoms with Crippen molar-refractivity contribution in [2.45, 2.75) is 353 Å². The Morgan fingerprint density at radius 2 is 0.704 bits per heavy atom. The second-order valence-electron chi connectivity index (χ2n) is 21.7. The zero-order chi connectivity index (χ0) is 51.4. The second-order valence-corrected chi connectivity index (χ2v) is 21.7. The van der Waals surface area contributed by atoms with Crippen LogP contribution in [0.5, 0.6) is 0 Å². The van der Waals surface area contributed by atoms with Crippen LogP contribution < -0.4 is 5.32 Å². The van der Waals surface area contributed by atoms with Crippen LogP contribution in [0.3, 0.4) is 0 Å². The molecule has 0 aliphatic carbocycles. The number of hydrogen-bond donors (Lipinski definition) is 3. The summed E-state index contributed by atoms with van der Waals surface area (Å²) >= 11 is 0. The summed E-state index contributed by atoms with van der Waals surface area (Å²) in [4.78, 5) is 24.6. The van der Waals surface area contributed by atoms with Gasteiger partial charge in [-0.05, 0) is 89.9 Å². The van der Waals surface area contributed by atoms with Gasteiger partial charge in [0.15, 0.2) is 0 Å². The van der Waals surface area contributed by atoms with E-state index in [1.807, 2.05) is 0 Å². The van der Waals surface area contributed by atoms with Crippen molar-refractivity contribution < 1.29 is 24.5 Å². The maximum atomic E-state index is 12.5. The molecular weight excluding hydrogens is 875 g/mol. The highest BCUT2D eigenvalue weighted by Gasteiger charge is 2.20. The molecule has 0 aliphatic rings. The van der Waals surface area contributed by atoms with Crippen LogP contribution in [0.15, 0.2) is 36.5 Å². The number of carbonyl (C=O) groups is 2. The van der Waals surface area contributed by atoms with Crippen molar-refractivity contribution in [2.75, 3.05) is 13.2 Å². The lowest BCUT2D eigenvalue weighted by Gasteiger charge is -2.22. The molecule has 0 spiro atoms. The number of carbonyl (C=O) groups excluding carboxylic acids is 2. The summed E-state index contributed by atoms with van der Waals surface area (Å²) < 4.78 is 5.47. The molecule has 6 heteroatoms. The van der Waals surface area contributed by atoms with Gasteiger partial charge in [0.1, 0.15) is 0 Å². The Bertz CT molecular complexity index is 1150. The van der Waals surface area contributed by atoms with Gasteiger partial charge < -0.3 is 20.3 Å². The summed E-state index contributed by atoms with van der Waals surface area (Å²) in [5, 5.41) is 23.4. The van der Waals surface area contributed by atoms with Crippen molar-refractivity contribution in [3.05, 3.63) is 36.5 Å². The van der Waals surface area contributed by atoms with E-state index in [-0.39, 0.29) is 18.5 Å². The molecule has 0 radical (unpaired) electrons. The first kappa shape index (κ1) is 69.1. The molecule has 6 nitrogen and oxygen atoms in total. The molecule has 2 atom stereocenters. The number of allylic oxidation sites excluding steroid dienone is 6. The van der Waals surface area contributed by atoms with Gasteiger partial charge in [0.05, 0.1) is 25.4 Å². The van der Waals surface area contributed by atoms with E-state index in [1.54, 1.807) is 0 Å². The van der Waals surface area contributed by atoms with E-state index < -0.39 is 12.1 Å². The fourth-order valence-electron chi connectivity index (χ4n) is 9.78. The summed E-state index contributed by atoms with van der Waals surface area (Å²) in [6.45, 7) is 4.89. The Morgan fingerprint density at radius 1 is 0.394 bits per heavy atom. The highest BCUT2D eigenvalue weighted by atomic mass is 16.5. The van der Waals surface area contributed by atoms with Gasteiger partial charge in [-0.3, -0.25) is 9.59 Å². The standard InChI is InChI=1S/C65H123NO5/c1-3-5-7-9-11-13-15-17-19-21-23-24-25-26-28-29-31-33-37-41-45-49-53-57-63(68)62(61-67)66-64(69)58-54-50-46-42-38-35-36-40-44-48-52-56-60-71-65(70)59-55-51-47-43-39-34-32-30-27-22-20-18-16-14-12-10-8-6-4-2/h12,14,18,20,36,40,62-63,67-68H,3-11,13,15-17,19,21-35,37-39,41-61H2,1-2H3,(H,66,69)/b14-12-,20-18-,40-36-. The Labute approximate surface area is 443 Å². The first-order valence-corrected chi connectivity index (χ1v) is 31.7. The van der Waals surface area contributed by atoms with Crippen LogP contribution in [0.1, 0.15) is 341 Å². The van der Waals surface area contributed by atoms with Gasteiger partial charge in [-0.25, -0.2) is 0 Å². The molecule has 0 bridgehead atoms. The predicted molar refractivity (Wildman–Crippen MR) is 310 cm³/mol. The molecule has 2 unspecified atom stereocenters. The van der Waals surface area contributed by atoms with Gasteiger partial charge in [-0.2, -0.15) is 0 Å². The van der Waals surface area contributed by atoms with E-state index >= 15 is 0 Å². The average molecular weight is 999 g/mol. The van der Waals surface area contributed by atoms with Crippen LogP contribution in [0.4, 0.5) is 0 Å². The summed E-state index contributed by atoms with van der Waals surface area (Å²) in [6.07, 6.45) is 75.8. The fraction of sp³-hybridized carbons (Fsp3) is 0.877. The zero-order valence-corrected chi connectivity index (χ0v) is 47.7. The van der Waals surface area contributed by atoms with Crippen molar-refractivity contribution in [1.29, 1.82) is 0 Å². The molecule has 0 aromatic rings.